The summed E-state index contributed by atoms with van der Waals surface area (Å²) in [5.41, 5.74) is 5.76. The average Bonchev–Trinajstić information content (AvgIpc) is 2.53. The Bertz CT molecular complexity index is 461. The molecule has 0 saturated heterocycles. The second-order valence-corrected chi connectivity index (χ2v) is 6.02. The van der Waals surface area contributed by atoms with Crippen LogP contribution in [0, 0.1) is 0 Å². The summed E-state index contributed by atoms with van der Waals surface area (Å²) in [4.78, 5) is 0. The van der Waals surface area contributed by atoms with Gasteiger partial charge in [-0.15, -0.1) is 0 Å². The van der Waals surface area contributed by atoms with Crippen molar-refractivity contribution in [1.82, 2.24) is 0 Å². The third kappa shape index (κ3) is 5.42. The molecule has 0 saturated carbocycles. The zero-order chi connectivity index (χ0) is 14.9. The molecule has 0 fully saturated rings. The molecule has 2 aromatic rings. The number of rotatable bonds is 8. The molecule has 110 valence electrons. The van der Waals surface area contributed by atoms with E-state index in [0.717, 1.165) is 7.28 Å². The number of benzene rings is 2. The fraction of sp³-hybridized carbons (Fsp3) is 0.400. The third-order valence-electron chi connectivity index (χ3n) is 4.09. The van der Waals surface area contributed by atoms with Crippen molar-refractivity contribution >= 4 is 18.2 Å². The maximum absolute atomic E-state index is 2.29. The lowest BCUT2D eigenvalue weighted by atomic mass is 9.64. The summed E-state index contributed by atoms with van der Waals surface area (Å²) in [6.07, 6.45) is 7.54. The van der Waals surface area contributed by atoms with Crippen LogP contribution >= 0.6 is 0 Å². The Hall–Kier alpha value is -1.50. The van der Waals surface area contributed by atoms with Gasteiger partial charge >= 0.3 is 0 Å². The highest BCUT2D eigenvalue weighted by atomic mass is 14.0. The summed E-state index contributed by atoms with van der Waals surface area (Å²) < 4.78 is 0. The molecule has 0 unspecified atom stereocenters. The fourth-order valence-corrected chi connectivity index (χ4v) is 2.65. The molecule has 0 N–H and O–H groups in total. The summed E-state index contributed by atoms with van der Waals surface area (Å²) in [6, 6.07) is 18.3. The molecular weight excluding hydrogens is 251 g/mol. The van der Waals surface area contributed by atoms with E-state index in [0.29, 0.717) is 0 Å². The number of hydrogen-bond donors (Lipinski definition) is 0. The van der Waals surface area contributed by atoms with E-state index in [1.807, 2.05) is 0 Å². The van der Waals surface area contributed by atoms with Crippen molar-refractivity contribution in [3.05, 3.63) is 59.7 Å². The Morgan fingerprint density at radius 2 is 1.00 bits per heavy atom. The molecule has 0 aliphatic carbocycles. The second-order valence-electron chi connectivity index (χ2n) is 6.02. The lowest BCUT2D eigenvalue weighted by Gasteiger charge is -2.05. The van der Waals surface area contributed by atoms with Crippen molar-refractivity contribution in [3.63, 3.8) is 0 Å². The minimum atomic E-state index is 1.04. The molecule has 1 heteroatoms. The molecule has 0 amide bonds. The van der Waals surface area contributed by atoms with Crippen LogP contribution in [0.5, 0.6) is 0 Å². The highest BCUT2D eigenvalue weighted by Crippen LogP contribution is 2.04. The summed E-state index contributed by atoms with van der Waals surface area (Å²) >= 11 is 0. The average molecular weight is 278 g/mol. The van der Waals surface area contributed by atoms with E-state index >= 15 is 0 Å². The first-order chi connectivity index (χ1) is 10.3. The van der Waals surface area contributed by atoms with E-state index in [1.54, 1.807) is 0 Å². The summed E-state index contributed by atoms with van der Waals surface area (Å²) in [7, 11) is 1.04. The minimum absolute atomic E-state index is 1.04. The van der Waals surface area contributed by atoms with Gasteiger partial charge in [-0.2, -0.15) is 0 Å². The summed E-state index contributed by atoms with van der Waals surface area (Å²) in [6.45, 7) is 4.50. The van der Waals surface area contributed by atoms with Crippen molar-refractivity contribution in [2.24, 2.45) is 0 Å². The largest absolute Gasteiger partial charge is 0.192 e. The predicted octanol–water partition coefficient (Wildman–Crippen LogP) is 3.76. The summed E-state index contributed by atoms with van der Waals surface area (Å²) in [5.74, 6) is 0. The van der Waals surface area contributed by atoms with Crippen LogP contribution in [0.25, 0.3) is 0 Å². The third-order valence-corrected chi connectivity index (χ3v) is 4.09. The SMILES string of the molecule is CCCCc1ccc(Bc2ccc(CCCC)cc2)cc1. The zero-order valence-electron chi connectivity index (χ0n) is 13.6. The van der Waals surface area contributed by atoms with Crippen LogP contribution in [-0.2, 0) is 12.8 Å². The molecule has 0 radical (unpaired) electrons. The maximum Gasteiger partial charge on any atom is 0.192 e. The maximum atomic E-state index is 2.29. The van der Waals surface area contributed by atoms with Crippen molar-refractivity contribution < 1.29 is 0 Å². The van der Waals surface area contributed by atoms with Gasteiger partial charge < -0.3 is 0 Å². The number of unbranched alkanes of at least 4 members (excludes halogenated alkanes) is 2. The smallest absolute Gasteiger partial charge is 0.0785 e. The van der Waals surface area contributed by atoms with Crippen LogP contribution in [0.15, 0.2) is 48.5 Å². The summed E-state index contributed by atoms with van der Waals surface area (Å²) in [5, 5.41) is 0. The molecule has 0 aliphatic heterocycles. The van der Waals surface area contributed by atoms with Gasteiger partial charge in [-0.3, -0.25) is 0 Å². The first-order valence-corrected chi connectivity index (χ1v) is 8.47. The van der Waals surface area contributed by atoms with Gasteiger partial charge in [0.1, 0.15) is 0 Å². The monoisotopic (exact) mass is 278 g/mol. The van der Waals surface area contributed by atoms with Gasteiger partial charge in [0, 0.05) is 0 Å². The van der Waals surface area contributed by atoms with Crippen molar-refractivity contribution in [2.45, 2.75) is 52.4 Å². The van der Waals surface area contributed by atoms with Gasteiger partial charge in [0.25, 0.3) is 0 Å². The lowest BCUT2D eigenvalue weighted by Crippen LogP contribution is -2.26. The molecule has 0 bridgehead atoms. The molecule has 0 heterocycles. The van der Waals surface area contributed by atoms with Gasteiger partial charge in [0.2, 0.25) is 0 Å². The van der Waals surface area contributed by atoms with Gasteiger partial charge in [-0.05, 0) is 36.8 Å². The molecule has 2 aromatic carbocycles. The second kappa shape index (κ2) is 8.72. The Morgan fingerprint density at radius 1 is 0.619 bits per heavy atom. The Balaban J connectivity index is 1.91. The van der Waals surface area contributed by atoms with Gasteiger partial charge in [-0.25, -0.2) is 0 Å². The highest BCUT2D eigenvalue weighted by Gasteiger charge is 2.00. The Kier molecular flexibility index (Phi) is 6.59. The van der Waals surface area contributed by atoms with E-state index < -0.39 is 0 Å². The lowest BCUT2D eigenvalue weighted by molar-refractivity contribution is 0.795. The Morgan fingerprint density at radius 3 is 1.33 bits per heavy atom. The first kappa shape index (κ1) is 15.9. The molecule has 0 atom stereocenters. The first-order valence-electron chi connectivity index (χ1n) is 8.47. The van der Waals surface area contributed by atoms with Crippen molar-refractivity contribution in [1.29, 1.82) is 0 Å². The van der Waals surface area contributed by atoms with Crippen molar-refractivity contribution in [3.8, 4) is 0 Å². The minimum Gasteiger partial charge on any atom is -0.0785 e. The normalized spacial score (nSPS) is 10.6. The molecule has 0 aromatic heterocycles. The topological polar surface area (TPSA) is 0 Å². The van der Waals surface area contributed by atoms with Crippen molar-refractivity contribution in [2.75, 3.05) is 0 Å². The van der Waals surface area contributed by atoms with E-state index in [4.69, 9.17) is 0 Å². The quantitative estimate of drug-likeness (QED) is 0.645. The van der Waals surface area contributed by atoms with Crippen LogP contribution in [0.3, 0.4) is 0 Å². The predicted molar refractivity (Wildman–Crippen MR) is 96.5 cm³/mol. The molecule has 0 aliphatic rings. The molecular formula is C20H27B. The van der Waals surface area contributed by atoms with Crippen LogP contribution in [0.1, 0.15) is 50.7 Å². The van der Waals surface area contributed by atoms with Gasteiger partial charge in [0.05, 0.1) is 0 Å². The standard InChI is InChI=1S/C20H27B/c1-3-5-7-17-9-13-19(14-10-17)21-20-15-11-18(12-16-20)8-6-4-2/h9-16,21H,3-8H2,1-2H3. The van der Waals surface area contributed by atoms with Crippen LogP contribution in [-0.4, -0.2) is 7.28 Å². The molecule has 0 nitrogen and oxygen atoms in total. The zero-order valence-corrected chi connectivity index (χ0v) is 13.6. The Labute approximate surface area is 130 Å². The van der Waals surface area contributed by atoms with E-state index in [-0.39, 0.29) is 0 Å². The fourth-order valence-electron chi connectivity index (χ4n) is 2.65. The van der Waals surface area contributed by atoms with E-state index in [9.17, 15) is 0 Å². The number of aryl methyl sites for hydroxylation is 2. The van der Waals surface area contributed by atoms with Crippen LogP contribution in [0.4, 0.5) is 0 Å². The molecule has 2 rings (SSSR count). The molecule has 0 spiro atoms. The van der Waals surface area contributed by atoms with Crippen LogP contribution < -0.4 is 10.9 Å². The van der Waals surface area contributed by atoms with E-state index in [1.165, 1.54) is 60.6 Å². The van der Waals surface area contributed by atoms with Crippen LogP contribution in [0.2, 0.25) is 0 Å². The highest BCUT2D eigenvalue weighted by molar-refractivity contribution is 6.67. The van der Waals surface area contributed by atoms with Gasteiger partial charge in [0.15, 0.2) is 7.28 Å². The molecule has 21 heavy (non-hydrogen) atoms. The number of hydrogen-bond acceptors (Lipinski definition) is 0. The van der Waals surface area contributed by atoms with Gasteiger partial charge in [-0.1, -0.05) is 86.1 Å². The van der Waals surface area contributed by atoms with E-state index in [2.05, 4.69) is 62.4 Å².